The lowest BCUT2D eigenvalue weighted by molar-refractivity contribution is 0.313. The number of hydrogen-bond acceptors (Lipinski definition) is 2. The van der Waals surface area contributed by atoms with E-state index in [-0.39, 0.29) is 0 Å². The molecule has 0 aliphatic heterocycles. The topological polar surface area (TPSA) is 41.6 Å². The second-order valence-corrected chi connectivity index (χ2v) is 2.75. The van der Waals surface area contributed by atoms with Gasteiger partial charge in [0.2, 0.25) is 0 Å². The van der Waals surface area contributed by atoms with E-state index in [1.54, 1.807) is 0 Å². The summed E-state index contributed by atoms with van der Waals surface area (Å²) in [5, 5.41) is 0. The molecule has 0 saturated carbocycles. The molecule has 0 aromatic heterocycles. The van der Waals surface area contributed by atoms with Gasteiger partial charge in [-0.05, 0) is 13.1 Å². The Hall–Kier alpha value is -0.570. The zero-order valence-electron chi connectivity index (χ0n) is 8.51. The SMILES string of the molecule is CCC(N)=NCCN(CC)CC. The second-order valence-electron chi connectivity index (χ2n) is 2.75. The van der Waals surface area contributed by atoms with Gasteiger partial charge < -0.3 is 10.6 Å². The first-order valence-corrected chi connectivity index (χ1v) is 4.75. The maximum atomic E-state index is 5.57. The molecule has 0 aliphatic carbocycles. The number of nitrogens with two attached hydrogens (primary N) is 1. The van der Waals surface area contributed by atoms with Crippen molar-refractivity contribution >= 4 is 5.84 Å². The number of amidine groups is 1. The zero-order valence-corrected chi connectivity index (χ0v) is 8.51. The molecule has 0 amide bonds. The summed E-state index contributed by atoms with van der Waals surface area (Å²) in [6, 6.07) is 0. The summed E-state index contributed by atoms with van der Waals surface area (Å²) in [6.07, 6.45) is 0.859. The van der Waals surface area contributed by atoms with Crippen LogP contribution >= 0.6 is 0 Å². The predicted octanol–water partition coefficient (Wildman–Crippen LogP) is 1.10. The van der Waals surface area contributed by atoms with Crippen molar-refractivity contribution in [2.75, 3.05) is 26.2 Å². The molecule has 0 rings (SSSR count). The molecule has 0 heterocycles. The van der Waals surface area contributed by atoms with E-state index in [1.165, 1.54) is 0 Å². The summed E-state index contributed by atoms with van der Waals surface area (Å²) in [4.78, 5) is 6.57. The standard InChI is InChI=1S/C9H21N3/c1-4-9(10)11-7-8-12(5-2)6-3/h4-8H2,1-3H3,(H2,10,11). The molecule has 0 aromatic carbocycles. The van der Waals surface area contributed by atoms with Crippen LogP contribution in [0.25, 0.3) is 0 Å². The molecule has 0 unspecified atom stereocenters. The van der Waals surface area contributed by atoms with Crippen LogP contribution in [0, 0.1) is 0 Å². The first-order valence-electron chi connectivity index (χ1n) is 4.75. The fraction of sp³-hybridized carbons (Fsp3) is 0.889. The molecule has 12 heavy (non-hydrogen) atoms. The van der Waals surface area contributed by atoms with Crippen LogP contribution in [-0.4, -0.2) is 36.9 Å². The van der Waals surface area contributed by atoms with Crippen LogP contribution in [0.3, 0.4) is 0 Å². The molecule has 0 spiro atoms. The molecule has 0 bridgehead atoms. The Balaban J connectivity index is 3.53. The fourth-order valence-corrected chi connectivity index (χ4v) is 0.987. The molecule has 0 fully saturated rings. The van der Waals surface area contributed by atoms with Crippen LogP contribution in [0.1, 0.15) is 27.2 Å². The molecule has 72 valence electrons. The summed E-state index contributed by atoms with van der Waals surface area (Å²) in [5.74, 6) is 0.766. The lowest BCUT2D eigenvalue weighted by atomic mass is 10.4. The Morgan fingerprint density at radius 2 is 1.83 bits per heavy atom. The molecule has 0 saturated heterocycles. The smallest absolute Gasteiger partial charge is 0.0934 e. The maximum Gasteiger partial charge on any atom is 0.0934 e. The number of aliphatic imine (C=N–C) groups is 1. The molecule has 0 radical (unpaired) electrons. The maximum absolute atomic E-state index is 5.57. The number of hydrogen-bond donors (Lipinski definition) is 1. The first-order chi connectivity index (χ1) is 5.74. The van der Waals surface area contributed by atoms with Crippen LogP contribution in [0.2, 0.25) is 0 Å². The Morgan fingerprint density at radius 3 is 2.25 bits per heavy atom. The Morgan fingerprint density at radius 1 is 1.25 bits per heavy atom. The first kappa shape index (κ1) is 11.4. The highest BCUT2D eigenvalue weighted by atomic mass is 15.1. The van der Waals surface area contributed by atoms with Gasteiger partial charge in [-0.25, -0.2) is 0 Å². The largest absolute Gasteiger partial charge is 0.387 e. The summed E-state index contributed by atoms with van der Waals surface area (Å²) < 4.78 is 0. The lowest BCUT2D eigenvalue weighted by Gasteiger charge is -2.16. The van der Waals surface area contributed by atoms with Crippen LogP contribution < -0.4 is 5.73 Å². The quantitative estimate of drug-likeness (QED) is 0.480. The van der Waals surface area contributed by atoms with Gasteiger partial charge in [0.25, 0.3) is 0 Å². The summed E-state index contributed by atoms with van der Waals surface area (Å²) in [5.41, 5.74) is 5.57. The van der Waals surface area contributed by atoms with Crippen LogP contribution in [0.15, 0.2) is 4.99 Å². The monoisotopic (exact) mass is 171 g/mol. The zero-order chi connectivity index (χ0) is 9.40. The van der Waals surface area contributed by atoms with Crippen LogP contribution in [-0.2, 0) is 0 Å². The van der Waals surface area contributed by atoms with Crippen molar-refractivity contribution in [3.63, 3.8) is 0 Å². The van der Waals surface area contributed by atoms with Gasteiger partial charge in [-0.1, -0.05) is 20.8 Å². The summed E-state index contributed by atoms with van der Waals surface area (Å²) in [7, 11) is 0. The molecule has 2 N–H and O–H groups in total. The number of rotatable bonds is 6. The Kier molecular flexibility index (Phi) is 6.76. The average molecular weight is 171 g/mol. The van der Waals surface area contributed by atoms with E-state index >= 15 is 0 Å². The van der Waals surface area contributed by atoms with Crippen LogP contribution in [0.4, 0.5) is 0 Å². The minimum atomic E-state index is 0.766. The van der Waals surface area contributed by atoms with E-state index < -0.39 is 0 Å². The van der Waals surface area contributed by atoms with Crippen molar-refractivity contribution in [2.45, 2.75) is 27.2 Å². The molecule has 3 nitrogen and oxygen atoms in total. The molecule has 0 aromatic rings. The number of nitrogens with zero attached hydrogens (tertiary/aromatic N) is 2. The average Bonchev–Trinajstić information content (AvgIpc) is 2.12. The highest BCUT2D eigenvalue weighted by molar-refractivity contribution is 5.79. The van der Waals surface area contributed by atoms with Gasteiger partial charge in [-0.2, -0.15) is 0 Å². The molecule has 0 aliphatic rings. The minimum absolute atomic E-state index is 0.766. The van der Waals surface area contributed by atoms with Crippen molar-refractivity contribution in [2.24, 2.45) is 10.7 Å². The number of likely N-dealkylation sites (N-methyl/N-ethyl adjacent to an activating group) is 1. The van der Waals surface area contributed by atoms with E-state index in [4.69, 9.17) is 5.73 Å². The highest BCUT2D eigenvalue weighted by Crippen LogP contribution is 1.87. The van der Waals surface area contributed by atoms with Crippen molar-refractivity contribution in [3.05, 3.63) is 0 Å². The third-order valence-electron chi connectivity index (χ3n) is 1.99. The van der Waals surface area contributed by atoms with Crippen molar-refractivity contribution in [1.29, 1.82) is 0 Å². The second kappa shape index (κ2) is 7.10. The third kappa shape index (κ3) is 5.13. The van der Waals surface area contributed by atoms with E-state index in [0.717, 1.165) is 38.4 Å². The minimum Gasteiger partial charge on any atom is -0.387 e. The van der Waals surface area contributed by atoms with E-state index in [9.17, 15) is 0 Å². The summed E-state index contributed by atoms with van der Waals surface area (Å²) >= 11 is 0. The van der Waals surface area contributed by atoms with Gasteiger partial charge in [-0.15, -0.1) is 0 Å². The van der Waals surface area contributed by atoms with Gasteiger partial charge in [0.05, 0.1) is 12.4 Å². The van der Waals surface area contributed by atoms with Gasteiger partial charge >= 0.3 is 0 Å². The Bertz CT molecular complexity index is 128. The normalized spacial score (nSPS) is 12.5. The Labute approximate surface area is 75.7 Å². The highest BCUT2D eigenvalue weighted by Gasteiger charge is 1.96. The van der Waals surface area contributed by atoms with Gasteiger partial charge in [0.15, 0.2) is 0 Å². The molecular weight excluding hydrogens is 150 g/mol. The van der Waals surface area contributed by atoms with Crippen LogP contribution in [0.5, 0.6) is 0 Å². The van der Waals surface area contributed by atoms with Crippen molar-refractivity contribution in [3.8, 4) is 0 Å². The lowest BCUT2D eigenvalue weighted by Crippen LogP contribution is -2.26. The van der Waals surface area contributed by atoms with Gasteiger partial charge in [0.1, 0.15) is 0 Å². The molecule has 3 heteroatoms. The molecular formula is C9H21N3. The van der Waals surface area contributed by atoms with Crippen molar-refractivity contribution < 1.29 is 0 Å². The van der Waals surface area contributed by atoms with Gasteiger partial charge in [0, 0.05) is 13.0 Å². The van der Waals surface area contributed by atoms with E-state index in [1.807, 2.05) is 6.92 Å². The van der Waals surface area contributed by atoms with Crippen molar-refractivity contribution in [1.82, 2.24) is 4.90 Å². The third-order valence-corrected chi connectivity index (χ3v) is 1.99. The fourth-order valence-electron chi connectivity index (χ4n) is 0.987. The van der Waals surface area contributed by atoms with Gasteiger partial charge in [-0.3, -0.25) is 4.99 Å². The van der Waals surface area contributed by atoms with E-state index in [0.29, 0.717) is 0 Å². The predicted molar refractivity (Wildman–Crippen MR) is 54.6 cm³/mol. The van der Waals surface area contributed by atoms with E-state index in [2.05, 4.69) is 23.7 Å². The molecule has 0 atom stereocenters. The summed E-state index contributed by atoms with van der Waals surface area (Å²) in [6.45, 7) is 10.4.